The van der Waals surface area contributed by atoms with Gasteiger partial charge >= 0.3 is 5.97 Å². The highest BCUT2D eigenvalue weighted by atomic mass is 16.7. The zero-order chi connectivity index (χ0) is 18.8. The molecular formula is C20H40N2O3. The van der Waals surface area contributed by atoms with Gasteiger partial charge < -0.3 is 10.0 Å². The number of carboxylic acids is 1. The Bertz CT molecular complexity index is 335. The van der Waals surface area contributed by atoms with E-state index in [0.29, 0.717) is 6.42 Å². The molecular weight excluding hydrogens is 316 g/mol. The lowest BCUT2D eigenvalue weighted by atomic mass is 10.1. The molecule has 0 aromatic heterocycles. The Kier molecular flexibility index (Phi) is 16.7. The molecule has 5 nitrogen and oxygen atoms in total. The molecule has 0 atom stereocenters. The summed E-state index contributed by atoms with van der Waals surface area (Å²) in [5.41, 5.74) is 0. The molecule has 0 saturated carbocycles. The molecule has 1 aliphatic heterocycles. The summed E-state index contributed by atoms with van der Waals surface area (Å²) in [5, 5.41) is 10.3. The number of aliphatic carboxylic acids is 1. The van der Waals surface area contributed by atoms with Crippen LogP contribution in [0.25, 0.3) is 0 Å². The third-order valence-electron chi connectivity index (χ3n) is 4.14. The summed E-state index contributed by atoms with van der Waals surface area (Å²) in [6, 6.07) is 0. The van der Waals surface area contributed by atoms with Gasteiger partial charge in [-0.3, -0.25) is 9.63 Å². The molecule has 1 aliphatic rings. The van der Waals surface area contributed by atoms with Crippen LogP contribution in [0, 0.1) is 0 Å². The molecule has 0 fully saturated rings. The van der Waals surface area contributed by atoms with Crippen LogP contribution in [-0.2, 0) is 9.63 Å². The molecule has 0 spiro atoms. The fourth-order valence-electron chi connectivity index (χ4n) is 2.69. The van der Waals surface area contributed by atoms with Crippen LogP contribution in [0.4, 0.5) is 0 Å². The van der Waals surface area contributed by atoms with E-state index in [9.17, 15) is 4.79 Å². The highest BCUT2D eigenvalue weighted by Crippen LogP contribution is 2.11. The molecule has 0 aromatic carbocycles. The Balaban J connectivity index is 0.000000535. The van der Waals surface area contributed by atoms with Crippen molar-refractivity contribution in [3.63, 3.8) is 0 Å². The normalized spacial score (nSPS) is 13.1. The fraction of sp³-hybridized carbons (Fsp3) is 0.850. The van der Waals surface area contributed by atoms with Crippen molar-refractivity contribution >= 4 is 5.97 Å². The summed E-state index contributed by atoms with van der Waals surface area (Å²) in [6.07, 6.45) is 18.3. The topological polar surface area (TPSA) is 53.0 Å². The Labute approximate surface area is 155 Å². The third-order valence-corrected chi connectivity index (χ3v) is 4.14. The lowest BCUT2D eigenvalue weighted by Gasteiger charge is -2.15. The second kappa shape index (κ2) is 17.6. The van der Waals surface area contributed by atoms with Gasteiger partial charge in [0.25, 0.3) is 0 Å². The molecule has 1 N–H and O–H groups in total. The summed E-state index contributed by atoms with van der Waals surface area (Å²) in [6.45, 7) is 5.80. The summed E-state index contributed by atoms with van der Waals surface area (Å²) in [5.74, 6) is -0.657. The van der Waals surface area contributed by atoms with E-state index < -0.39 is 5.97 Å². The molecule has 0 saturated heterocycles. The third kappa shape index (κ3) is 17.4. The zero-order valence-electron chi connectivity index (χ0n) is 16.7. The van der Waals surface area contributed by atoms with Gasteiger partial charge in [-0.25, -0.2) is 5.06 Å². The number of nitrogens with zero attached hydrogens (tertiary/aromatic N) is 2. The number of hydrogen-bond donors (Lipinski definition) is 1. The van der Waals surface area contributed by atoms with Crippen LogP contribution in [0.2, 0.25) is 0 Å². The second-order valence-electron chi connectivity index (χ2n) is 6.71. The van der Waals surface area contributed by atoms with Crippen molar-refractivity contribution in [1.29, 1.82) is 0 Å². The van der Waals surface area contributed by atoms with Gasteiger partial charge in [0.2, 0.25) is 0 Å². The Morgan fingerprint density at radius 2 is 1.44 bits per heavy atom. The van der Waals surface area contributed by atoms with E-state index in [1.165, 1.54) is 57.8 Å². The van der Waals surface area contributed by atoms with Gasteiger partial charge in [0.15, 0.2) is 0 Å². The summed E-state index contributed by atoms with van der Waals surface area (Å²) < 4.78 is 0. The summed E-state index contributed by atoms with van der Waals surface area (Å²) in [4.78, 5) is 17.5. The van der Waals surface area contributed by atoms with E-state index in [1.54, 1.807) is 5.06 Å². The number of carboxylic acid groups (broad SMARTS) is 1. The predicted molar refractivity (Wildman–Crippen MR) is 104 cm³/mol. The van der Waals surface area contributed by atoms with E-state index in [4.69, 9.17) is 9.94 Å². The van der Waals surface area contributed by atoms with Crippen molar-refractivity contribution in [3.05, 3.63) is 12.4 Å². The van der Waals surface area contributed by atoms with Gasteiger partial charge in [0, 0.05) is 25.9 Å². The number of hydrogen-bond acceptors (Lipinski definition) is 4. The van der Waals surface area contributed by atoms with Crippen LogP contribution in [-0.4, -0.2) is 41.4 Å². The lowest BCUT2D eigenvalue weighted by Crippen LogP contribution is -2.22. The molecule has 1 rings (SSSR count). The average molecular weight is 357 g/mol. The SMILES string of the molecule is CCCCCCCCCCCCCC(=O)O.CCON1C=CN(C)C1. The Hall–Kier alpha value is -1.23. The zero-order valence-corrected chi connectivity index (χ0v) is 16.7. The molecule has 0 unspecified atom stereocenters. The second-order valence-corrected chi connectivity index (χ2v) is 6.71. The van der Waals surface area contributed by atoms with Crippen molar-refractivity contribution < 1.29 is 14.7 Å². The lowest BCUT2D eigenvalue weighted by molar-refractivity contribution is -0.137. The van der Waals surface area contributed by atoms with Crippen molar-refractivity contribution in [1.82, 2.24) is 9.96 Å². The average Bonchev–Trinajstić information content (AvgIpc) is 2.98. The first-order valence-corrected chi connectivity index (χ1v) is 10.1. The predicted octanol–water partition coefficient (Wildman–Crippen LogP) is 5.39. The van der Waals surface area contributed by atoms with Gasteiger partial charge in [-0.15, -0.1) is 0 Å². The minimum absolute atomic E-state index is 0.344. The van der Waals surface area contributed by atoms with Gasteiger partial charge in [-0.05, 0) is 13.3 Å². The van der Waals surface area contributed by atoms with Crippen molar-refractivity contribution in [2.24, 2.45) is 0 Å². The van der Waals surface area contributed by atoms with Crippen LogP contribution in [0.3, 0.4) is 0 Å². The molecule has 0 aromatic rings. The van der Waals surface area contributed by atoms with Gasteiger partial charge in [0.1, 0.15) is 6.67 Å². The monoisotopic (exact) mass is 356 g/mol. The van der Waals surface area contributed by atoms with Crippen LogP contribution in [0.1, 0.15) is 90.9 Å². The minimum Gasteiger partial charge on any atom is -0.481 e. The summed E-state index contributed by atoms with van der Waals surface area (Å²) in [7, 11) is 2.01. The van der Waals surface area contributed by atoms with Crippen molar-refractivity contribution in [2.75, 3.05) is 20.3 Å². The maximum Gasteiger partial charge on any atom is 0.303 e. The van der Waals surface area contributed by atoms with Crippen LogP contribution >= 0.6 is 0 Å². The van der Waals surface area contributed by atoms with Gasteiger partial charge in [-0.1, -0.05) is 71.1 Å². The van der Waals surface area contributed by atoms with Gasteiger partial charge in [-0.2, -0.15) is 0 Å². The Morgan fingerprint density at radius 1 is 0.920 bits per heavy atom. The number of hydroxylamine groups is 2. The van der Waals surface area contributed by atoms with Crippen LogP contribution in [0.5, 0.6) is 0 Å². The van der Waals surface area contributed by atoms with E-state index in [2.05, 4.69) is 11.8 Å². The van der Waals surface area contributed by atoms with Crippen molar-refractivity contribution in [2.45, 2.75) is 90.9 Å². The first-order valence-electron chi connectivity index (χ1n) is 10.1. The number of carbonyl (C=O) groups is 1. The maximum atomic E-state index is 10.3. The fourth-order valence-corrected chi connectivity index (χ4v) is 2.69. The van der Waals surface area contributed by atoms with E-state index in [1.807, 2.05) is 26.4 Å². The molecule has 1 heterocycles. The molecule has 5 heteroatoms. The highest BCUT2D eigenvalue weighted by Gasteiger charge is 2.06. The maximum absolute atomic E-state index is 10.3. The van der Waals surface area contributed by atoms with Crippen LogP contribution < -0.4 is 0 Å². The minimum atomic E-state index is -0.657. The van der Waals surface area contributed by atoms with Crippen molar-refractivity contribution in [3.8, 4) is 0 Å². The van der Waals surface area contributed by atoms with E-state index >= 15 is 0 Å². The number of unbranched alkanes of at least 4 members (excludes halogenated alkanes) is 10. The largest absolute Gasteiger partial charge is 0.481 e. The quantitative estimate of drug-likeness (QED) is 0.423. The van der Waals surface area contributed by atoms with E-state index in [-0.39, 0.29) is 0 Å². The molecule has 0 amide bonds. The van der Waals surface area contributed by atoms with Crippen LogP contribution in [0.15, 0.2) is 12.4 Å². The molecule has 148 valence electrons. The molecule has 0 bridgehead atoms. The highest BCUT2D eigenvalue weighted by molar-refractivity contribution is 5.66. The Morgan fingerprint density at radius 3 is 1.84 bits per heavy atom. The summed E-state index contributed by atoms with van der Waals surface area (Å²) >= 11 is 0. The smallest absolute Gasteiger partial charge is 0.303 e. The molecule has 0 aliphatic carbocycles. The molecule has 25 heavy (non-hydrogen) atoms. The van der Waals surface area contributed by atoms with E-state index in [0.717, 1.165) is 26.1 Å². The first-order chi connectivity index (χ1) is 12.1. The van der Waals surface area contributed by atoms with Gasteiger partial charge in [0.05, 0.1) is 6.61 Å². The first kappa shape index (κ1) is 23.8. The standard InChI is InChI=1S/C14H28O2.C6H12N2O/c1-2-3-4-5-6-7-8-9-10-11-12-13-14(15)16;1-3-9-8-5-4-7(2)6-8/h2-13H2,1H3,(H,15,16);4-5H,3,6H2,1-2H3. The molecule has 0 radical (unpaired) electrons. The number of rotatable bonds is 14.